The molecule has 1 heterocycles. The number of nitrogens with one attached hydrogen (secondary N) is 2. The summed E-state index contributed by atoms with van der Waals surface area (Å²) in [4.78, 5) is 17.1. The molecule has 1 amide bonds. The van der Waals surface area contributed by atoms with Gasteiger partial charge in [-0.05, 0) is 43.2 Å². The molecule has 0 aliphatic heterocycles. The number of aromatic nitrogens is 3. The van der Waals surface area contributed by atoms with Gasteiger partial charge in [0.25, 0.3) is 5.91 Å². The molecule has 1 aliphatic rings. The van der Waals surface area contributed by atoms with Crippen molar-refractivity contribution in [2.45, 2.75) is 18.8 Å². The number of benzene rings is 2. The highest BCUT2D eigenvalue weighted by Crippen LogP contribution is 2.38. The van der Waals surface area contributed by atoms with Crippen LogP contribution in [-0.2, 0) is 0 Å². The highest BCUT2D eigenvalue weighted by molar-refractivity contribution is 6.31. The monoisotopic (exact) mass is 368 g/mol. The first kappa shape index (κ1) is 16.6. The van der Waals surface area contributed by atoms with Crippen LogP contribution in [0.3, 0.4) is 0 Å². The number of nitrogens with zero attached hydrogens (tertiary/aromatic N) is 2. The summed E-state index contributed by atoms with van der Waals surface area (Å²) in [6, 6.07) is 12.3. The first-order valence-corrected chi connectivity index (χ1v) is 8.69. The Kier molecular flexibility index (Phi) is 4.34. The minimum absolute atomic E-state index is 0.274. The van der Waals surface area contributed by atoms with Crippen LogP contribution in [0.15, 0.2) is 42.5 Å². The van der Waals surface area contributed by atoms with Gasteiger partial charge >= 0.3 is 0 Å². The summed E-state index contributed by atoms with van der Waals surface area (Å²) in [5, 5.41) is 10.7. The highest BCUT2D eigenvalue weighted by atomic mass is 35.5. The van der Waals surface area contributed by atoms with Crippen LogP contribution in [-0.4, -0.2) is 28.2 Å². The number of methoxy groups -OCH3 is 1. The molecule has 0 atom stereocenters. The van der Waals surface area contributed by atoms with E-state index >= 15 is 0 Å². The van der Waals surface area contributed by atoms with E-state index in [9.17, 15) is 4.79 Å². The normalized spacial score (nSPS) is 13.5. The van der Waals surface area contributed by atoms with Gasteiger partial charge in [0.2, 0.25) is 0 Å². The summed E-state index contributed by atoms with van der Waals surface area (Å²) in [6.45, 7) is 0. The molecule has 26 heavy (non-hydrogen) atoms. The second-order valence-electron chi connectivity index (χ2n) is 6.20. The van der Waals surface area contributed by atoms with Crippen molar-refractivity contribution in [1.29, 1.82) is 0 Å². The van der Waals surface area contributed by atoms with E-state index in [-0.39, 0.29) is 5.91 Å². The largest absolute Gasteiger partial charge is 0.496 e. The molecule has 1 fully saturated rings. The van der Waals surface area contributed by atoms with Crippen LogP contribution in [0.4, 0.5) is 5.69 Å². The SMILES string of the molecule is COc1cc(Cl)ccc1C(=O)Nc1cccc(-c2n[nH]c(C3CC3)n2)c1. The molecule has 132 valence electrons. The fourth-order valence-electron chi connectivity index (χ4n) is 2.73. The Balaban J connectivity index is 1.55. The fourth-order valence-corrected chi connectivity index (χ4v) is 2.89. The molecule has 0 unspecified atom stereocenters. The van der Waals surface area contributed by atoms with Crippen molar-refractivity contribution in [1.82, 2.24) is 15.2 Å². The number of hydrogen-bond donors (Lipinski definition) is 2. The molecule has 1 saturated carbocycles. The van der Waals surface area contributed by atoms with Crippen molar-refractivity contribution in [3.05, 3.63) is 58.9 Å². The van der Waals surface area contributed by atoms with Gasteiger partial charge in [-0.25, -0.2) is 4.98 Å². The maximum absolute atomic E-state index is 12.6. The third-order valence-corrected chi connectivity index (χ3v) is 4.49. The zero-order valence-electron chi connectivity index (χ0n) is 14.1. The number of amides is 1. The second kappa shape index (κ2) is 6.80. The molecule has 4 rings (SSSR count). The molecule has 1 aliphatic carbocycles. The lowest BCUT2D eigenvalue weighted by Gasteiger charge is -2.10. The Morgan fingerprint density at radius 2 is 2.12 bits per heavy atom. The average molecular weight is 369 g/mol. The average Bonchev–Trinajstić information content (AvgIpc) is 3.38. The van der Waals surface area contributed by atoms with Gasteiger partial charge in [-0.3, -0.25) is 9.89 Å². The number of rotatable bonds is 5. The summed E-state index contributed by atoms with van der Waals surface area (Å²) >= 11 is 5.95. The van der Waals surface area contributed by atoms with E-state index in [0.29, 0.717) is 33.8 Å². The van der Waals surface area contributed by atoms with E-state index in [2.05, 4.69) is 20.5 Å². The molecule has 2 N–H and O–H groups in total. The number of carbonyl (C=O) groups excluding carboxylic acids is 1. The molecule has 7 heteroatoms. The van der Waals surface area contributed by atoms with E-state index in [1.165, 1.54) is 7.11 Å². The molecular weight excluding hydrogens is 352 g/mol. The summed E-state index contributed by atoms with van der Waals surface area (Å²) in [5.74, 6) is 2.22. The molecule has 3 aromatic rings. The van der Waals surface area contributed by atoms with Crippen molar-refractivity contribution in [3.8, 4) is 17.1 Å². The van der Waals surface area contributed by atoms with Crippen molar-refractivity contribution < 1.29 is 9.53 Å². The molecule has 0 bridgehead atoms. The summed E-state index contributed by atoms with van der Waals surface area (Å²) in [6.07, 6.45) is 2.32. The van der Waals surface area contributed by atoms with Gasteiger partial charge in [-0.2, -0.15) is 5.10 Å². The molecule has 2 aromatic carbocycles. The third kappa shape index (κ3) is 3.41. The summed E-state index contributed by atoms with van der Waals surface area (Å²) in [5.41, 5.74) is 1.91. The van der Waals surface area contributed by atoms with Crippen molar-refractivity contribution >= 4 is 23.2 Å². The van der Waals surface area contributed by atoms with Gasteiger partial charge in [0.15, 0.2) is 5.82 Å². The Hall–Kier alpha value is -2.86. The number of halogens is 1. The van der Waals surface area contributed by atoms with Crippen LogP contribution in [0.1, 0.15) is 34.9 Å². The Labute approximate surface area is 155 Å². The van der Waals surface area contributed by atoms with Crippen LogP contribution in [0.5, 0.6) is 5.75 Å². The number of H-pyrrole nitrogens is 1. The van der Waals surface area contributed by atoms with Gasteiger partial charge in [0, 0.05) is 22.2 Å². The van der Waals surface area contributed by atoms with E-state index in [1.807, 2.05) is 24.3 Å². The number of aromatic amines is 1. The van der Waals surface area contributed by atoms with Gasteiger partial charge < -0.3 is 10.1 Å². The van der Waals surface area contributed by atoms with Crippen LogP contribution in [0, 0.1) is 0 Å². The number of carbonyl (C=O) groups is 1. The zero-order chi connectivity index (χ0) is 18.1. The van der Waals surface area contributed by atoms with Crippen LogP contribution in [0.2, 0.25) is 5.02 Å². The van der Waals surface area contributed by atoms with Gasteiger partial charge in [0.05, 0.1) is 12.7 Å². The number of hydrogen-bond acceptors (Lipinski definition) is 4. The lowest BCUT2D eigenvalue weighted by Crippen LogP contribution is -2.13. The molecule has 0 radical (unpaired) electrons. The second-order valence-corrected chi connectivity index (χ2v) is 6.63. The molecule has 1 aromatic heterocycles. The summed E-state index contributed by atoms with van der Waals surface area (Å²) in [7, 11) is 1.50. The number of ether oxygens (including phenoxy) is 1. The van der Waals surface area contributed by atoms with Crippen molar-refractivity contribution in [2.24, 2.45) is 0 Å². The lowest BCUT2D eigenvalue weighted by molar-refractivity contribution is 0.102. The molecular formula is C19H17ClN4O2. The minimum atomic E-state index is -0.274. The smallest absolute Gasteiger partial charge is 0.259 e. The first-order valence-electron chi connectivity index (χ1n) is 8.31. The van der Waals surface area contributed by atoms with Gasteiger partial charge in [-0.1, -0.05) is 23.7 Å². The predicted molar refractivity (Wildman–Crippen MR) is 99.8 cm³/mol. The van der Waals surface area contributed by atoms with E-state index < -0.39 is 0 Å². The predicted octanol–water partition coefficient (Wildman–Crippen LogP) is 4.26. The van der Waals surface area contributed by atoms with Gasteiger partial charge in [0.1, 0.15) is 11.6 Å². The maximum Gasteiger partial charge on any atom is 0.259 e. The quantitative estimate of drug-likeness (QED) is 0.705. The first-order chi connectivity index (χ1) is 12.6. The Morgan fingerprint density at radius 1 is 1.27 bits per heavy atom. The van der Waals surface area contributed by atoms with E-state index in [4.69, 9.17) is 16.3 Å². The fraction of sp³-hybridized carbons (Fsp3) is 0.211. The van der Waals surface area contributed by atoms with Gasteiger partial charge in [-0.15, -0.1) is 0 Å². The Morgan fingerprint density at radius 3 is 2.88 bits per heavy atom. The zero-order valence-corrected chi connectivity index (χ0v) is 14.9. The Bertz CT molecular complexity index is 966. The highest BCUT2D eigenvalue weighted by Gasteiger charge is 2.27. The number of anilines is 1. The van der Waals surface area contributed by atoms with Crippen LogP contribution < -0.4 is 10.1 Å². The van der Waals surface area contributed by atoms with Crippen molar-refractivity contribution in [3.63, 3.8) is 0 Å². The molecule has 0 saturated heterocycles. The van der Waals surface area contributed by atoms with E-state index in [1.54, 1.807) is 18.2 Å². The maximum atomic E-state index is 12.6. The molecule has 0 spiro atoms. The minimum Gasteiger partial charge on any atom is -0.496 e. The van der Waals surface area contributed by atoms with E-state index in [0.717, 1.165) is 24.2 Å². The lowest BCUT2D eigenvalue weighted by atomic mass is 10.1. The van der Waals surface area contributed by atoms with Crippen molar-refractivity contribution in [2.75, 3.05) is 12.4 Å². The summed E-state index contributed by atoms with van der Waals surface area (Å²) < 4.78 is 5.24. The standard InChI is InChI=1S/C19H17ClN4O2/c1-26-16-10-13(20)7-8-15(16)19(25)21-14-4-2-3-12(9-14)18-22-17(23-24-18)11-5-6-11/h2-4,7-11H,5-6H2,1H3,(H,21,25)(H,22,23,24). The van der Waals surface area contributed by atoms with Crippen LogP contribution in [0.25, 0.3) is 11.4 Å². The van der Waals surface area contributed by atoms with Crippen LogP contribution >= 0.6 is 11.6 Å². The topological polar surface area (TPSA) is 79.9 Å². The third-order valence-electron chi connectivity index (χ3n) is 4.25. The molecule has 6 nitrogen and oxygen atoms in total.